The minimum absolute atomic E-state index is 0.389. The van der Waals surface area contributed by atoms with E-state index in [0.717, 1.165) is 0 Å². The second kappa shape index (κ2) is 4.56. The van der Waals surface area contributed by atoms with Crippen molar-refractivity contribution in [1.82, 2.24) is 0 Å². The van der Waals surface area contributed by atoms with Crippen LogP contribution in [0.3, 0.4) is 0 Å². The second-order valence-corrected chi connectivity index (χ2v) is 3.09. The smallest absolute Gasteiger partial charge is 0.321 e. The van der Waals surface area contributed by atoms with E-state index < -0.39 is 23.9 Å². The molecule has 0 spiro atoms. The number of aliphatic carboxylic acids is 2. The lowest BCUT2D eigenvalue weighted by Gasteiger charge is -2.16. The molecule has 1 aromatic carbocycles. The van der Waals surface area contributed by atoms with E-state index in [9.17, 15) is 9.59 Å². The van der Waals surface area contributed by atoms with E-state index in [4.69, 9.17) is 15.9 Å². The maximum Gasteiger partial charge on any atom is 0.321 e. The van der Waals surface area contributed by atoms with Gasteiger partial charge < -0.3 is 15.9 Å². The van der Waals surface area contributed by atoms with Crippen LogP contribution in [-0.4, -0.2) is 28.2 Å². The highest BCUT2D eigenvalue weighted by Crippen LogP contribution is 2.18. The lowest BCUT2D eigenvalue weighted by Crippen LogP contribution is -2.40. The Morgan fingerprint density at radius 2 is 1.60 bits per heavy atom. The molecule has 0 fully saturated rings. The Kier molecular flexibility index (Phi) is 3.41. The molecular formula is C10H11NO4. The predicted octanol–water partition coefficient (Wildman–Crippen LogP) is 0.267. The van der Waals surface area contributed by atoms with Gasteiger partial charge in [0.1, 0.15) is 12.0 Å². The fourth-order valence-electron chi connectivity index (χ4n) is 1.31. The molecule has 0 amide bonds. The van der Waals surface area contributed by atoms with Crippen LogP contribution in [0.15, 0.2) is 30.3 Å². The summed E-state index contributed by atoms with van der Waals surface area (Å²) in [5.74, 6) is -3.79. The van der Waals surface area contributed by atoms with Crippen molar-refractivity contribution in [2.45, 2.75) is 12.0 Å². The molecule has 0 heterocycles. The Labute approximate surface area is 86.1 Å². The highest BCUT2D eigenvalue weighted by atomic mass is 16.4. The molecule has 0 aliphatic heterocycles. The number of benzene rings is 1. The molecule has 80 valence electrons. The van der Waals surface area contributed by atoms with Crippen LogP contribution >= 0.6 is 0 Å². The quantitative estimate of drug-likeness (QED) is 0.660. The van der Waals surface area contributed by atoms with Crippen LogP contribution in [0, 0.1) is 0 Å². The average molecular weight is 209 g/mol. The van der Waals surface area contributed by atoms with Crippen molar-refractivity contribution in [3.8, 4) is 0 Å². The molecular weight excluding hydrogens is 198 g/mol. The molecule has 0 saturated heterocycles. The Bertz CT molecular complexity index is 363. The van der Waals surface area contributed by atoms with Gasteiger partial charge >= 0.3 is 11.9 Å². The summed E-state index contributed by atoms with van der Waals surface area (Å²) in [6, 6.07) is 6.64. The predicted molar refractivity (Wildman–Crippen MR) is 52.4 cm³/mol. The number of carboxylic acid groups (broad SMARTS) is 2. The van der Waals surface area contributed by atoms with E-state index in [1.165, 1.54) is 0 Å². The molecule has 0 radical (unpaired) electrons. The highest BCUT2D eigenvalue weighted by Gasteiger charge is 2.31. The zero-order valence-corrected chi connectivity index (χ0v) is 7.83. The van der Waals surface area contributed by atoms with Gasteiger partial charge in [-0.3, -0.25) is 9.59 Å². The zero-order chi connectivity index (χ0) is 11.4. The van der Waals surface area contributed by atoms with Gasteiger partial charge in [0.25, 0.3) is 0 Å². The Balaban J connectivity index is 3.04. The number of nitrogens with two attached hydrogens (primary N) is 1. The number of carboxylic acids is 2. The van der Waals surface area contributed by atoms with Gasteiger partial charge in [-0.15, -0.1) is 0 Å². The molecule has 2 atom stereocenters. The van der Waals surface area contributed by atoms with Gasteiger partial charge in [-0.2, -0.15) is 0 Å². The summed E-state index contributed by atoms with van der Waals surface area (Å²) < 4.78 is 0. The van der Waals surface area contributed by atoms with E-state index in [0.29, 0.717) is 5.56 Å². The summed E-state index contributed by atoms with van der Waals surface area (Å²) >= 11 is 0. The summed E-state index contributed by atoms with van der Waals surface area (Å²) in [6.07, 6.45) is 0. The molecule has 0 unspecified atom stereocenters. The maximum atomic E-state index is 10.9. The van der Waals surface area contributed by atoms with Crippen LogP contribution in [0.5, 0.6) is 0 Å². The van der Waals surface area contributed by atoms with E-state index in [-0.39, 0.29) is 0 Å². The third-order valence-electron chi connectivity index (χ3n) is 2.07. The van der Waals surface area contributed by atoms with Crippen LogP contribution in [-0.2, 0) is 9.59 Å². The molecule has 4 N–H and O–H groups in total. The molecule has 5 heteroatoms. The number of rotatable bonds is 4. The first-order valence-corrected chi connectivity index (χ1v) is 4.30. The van der Waals surface area contributed by atoms with Gasteiger partial charge in [0.15, 0.2) is 0 Å². The Morgan fingerprint density at radius 1 is 1.07 bits per heavy atom. The SMILES string of the molecule is N[C@@H](C(=O)O)[C@H](C(=O)O)c1ccccc1. The van der Waals surface area contributed by atoms with E-state index >= 15 is 0 Å². The Hall–Kier alpha value is -1.88. The summed E-state index contributed by atoms with van der Waals surface area (Å²) in [4.78, 5) is 21.5. The maximum absolute atomic E-state index is 10.9. The van der Waals surface area contributed by atoms with Crippen molar-refractivity contribution in [3.63, 3.8) is 0 Å². The molecule has 0 bridgehead atoms. The van der Waals surface area contributed by atoms with Gasteiger partial charge in [0.05, 0.1) is 0 Å². The molecule has 0 saturated carbocycles. The first-order chi connectivity index (χ1) is 7.04. The summed E-state index contributed by atoms with van der Waals surface area (Å²) in [7, 11) is 0. The van der Waals surface area contributed by atoms with Crippen LogP contribution < -0.4 is 5.73 Å². The zero-order valence-electron chi connectivity index (χ0n) is 7.83. The third kappa shape index (κ3) is 2.54. The standard InChI is InChI=1S/C10H11NO4/c11-8(10(14)15)7(9(12)13)6-4-2-1-3-5-6/h1-5,7-8H,11H2,(H,12,13)(H,14,15)/t7-,8-/m1/s1. The van der Waals surface area contributed by atoms with Crippen molar-refractivity contribution in [3.05, 3.63) is 35.9 Å². The summed E-state index contributed by atoms with van der Waals surface area (Å²) in [6.45, 7) is 0. The first-order valence-electron chi connectivity index (χ1n) is 4.30. The van der Waals surface area contributed by atoms with Crippen molar-refractivity contribution >= 4 is 11.9 Å². The fourth-order valence-corrected chi connectivity index (χ4v) is 1.31. The van der Waals surface area contributed by atoms with E-state index in [1.807, 2.05) is 0 Å². The van der Waals surface area contributed by atoms with Crippen molar-refractivity contribution in [2.75, 3.05) is 0 Å². The topological polar surface area (TPSA) is 101 Å². The molecule has 1 rings (SSSR count). The highest BCUT2D eigenvalue weighted by molar-refractivity contribution is 5.86. The fraction of sp³-hybridized carbons (Fsp3) is 0.200. The molecule has 5 nitrogen and oxygen atoms in total. The van der Waals surface area contributed by atoms with Crippen molar-refractivity contribution in [1.29, 1.82) is 0 Å². The van der Waals surface area contributed by atoms with Crippen molar-refractivity contribution in [2.24, 2.45) is 5.73 Å². The monoisotopic (exact) mass is 209 g/mol. The molecule has 0 aromatic heterocycles. The number of hydrogen-bond acceptors (Lipinski definition) is 3. The van der Waals surface area contributed by atoms with Gasteiger partial charge in [-0.1, -0.05) is 30.3 Å². The van der Waals surface area contributed by atoms with Crippen LogP contribution in [0.1, 0.15) is 11.5 Å². The van der Waals surface area contributed by atoms with Crippen LogP contribution in [0.4, 0.5) is 0 Å². The minimum Gasteiger partial charge on any atom is -0.481 e. The Morgan fingerprint density at radius 3 is 2.00 bits per heavy atom. The normalized spacial score (nSPS) is 14.2. The second-order valence-electron chi connectivity index (χ2n) is 3.09. The van der Waals surface area contributed by atoms with Gasteiger partial charge in [-0.25, -0.2) is 0 Å². The van der Waals surface area contributed by atoms with Crippen LogP contribution in [0.25, 0.3) is 0 Å². The molecule has 0 aliphatic rings. The number of carbonyl (C=O) groups is 2. The molecule has 0 aliphatic carbocycles. The molecule has 1 aromatic rings. The summed E-state index contributed by atoms with van der Waals surface area (Å²) in [5, 5.41) is 17.6. The van der Waals surface area contributed by atoms with E-state index in [1.54, 1.807) is 30.3 Å². The lowest BCUT2D eigenvalue weighted by molar-refractivity contribution is -0.146. The largest absolute Gasteiger partial charge is 0.481 e. The van der Waals surface area contributed by atoms with Crippen LogP contribution in [0.2, 0.25) is 0 Å². The van der Waals surface area contributed by atoms with Gasteiger partial charge in [0, 0.05) is 0 Å². The van der Waals surface area contributed by atoms with Gasteiger partial charge in [0.2, 0.25) is 0 Å². The van der Waals surface area contributed by atoms with Gasteiger partial charge in [-0.05, 0) is 5.56 Å². The number of hydrogen-bond donors (Lipinski definition) is 3. The van der Waals surface area contributed by atoms with E-state index in [2.05, 4.69) is 0 Å². The van der Waals surface area contributed by atoms with Crippen molar-refractivity contribution < 1.29 is 19.8 Å². The average Bonchev–Trinajstić information content (AvgIpc) is 2.18. The third-order valence-corrected chi connectivity index (χ3v) is 2.07. The molecule has 15 heavy (non-hydrogen) atoms. The summed E-state index contributed by atoms with van der Waals surface area (Å²) in [5.41, 5.74) is 5.70. The minimum atomic E-state index is -1.44. The first kappa shape index (κ1) is 11.2. The lowest BCUT2D eigenvalue weighted by atomic mass is 9.92.